The summed E-state index contributed by atoms with van der Waals surface area (Å²) >= 11 is 0. The van der Waals surface area contributed by atoms with Gasteiger partial charge in [0.05, 0.1) is 0 Å². The van der Waals surface area contributed by atoms with Crippen LogP contribution in [0.2, 0.25) is 0 Å². The molecule has 4 heteroatoms. The summed E-state index contributed by atoms with van der Waals surface area (Å²) in [5, 5.41) is 8.99. The summed E-state index contributed by atoms with van der Waals surface area (Å²) in [5.74, 6) is -1.04. The molecule has 0 spiro atoms. The highest BCUT2D eigenvalue weighted by Gasteiger charge is 2.14. The van der Waals surface area contributed by atoms with E-state index in [1.165, 1.54) is 12.4 Å². The number of benzene rings is 1. The first kappa shape index (κ1) is 9.33. The molecule has 74 valence electrons. The van der Waals surface area contributed by atoms with Gasteiger partial charge in [-0.3, -0.25) is 4.99 Å². The van der Waals surface area contributed by atoms with Gasteiger partial charge in [-0.1, -0.05) is 24.3 Å². The van der Waals surface area contributed by atoms with Crippen LogP contribution < -0.4 is 0 Å². The summed E-state index contributed by atoms with van der Waals surface area (Å²) in [7, 11) is 0. The zero-order chi connectivity index (χ0) is 10.7. The molecule has 0 radical (unpaired) electrons. The first-order valence-corrected chi connectivity index (χ1v) is 4.38. The fourth-order valence-electron chi connectivity index (χ4n) is 1.33. The average molecular weight is 200 g/mol. The molecule has 0 atom stereocenters. The summed E-state index contributed by atoms with van der Waals surface area (Å²) in [4.78, 5) is 18.8. The Morgan fingerprint density at radius 3 is 2.80 bits per heavy atom. The molecule has 1 aromatic carbocycles. The Morgan fingerprint density at radius 1 is 1.20 bits per heavy atom. The number of rotatable bonds is 1. The number of hydrogen-bond donors (Lipinski definition) is 1. The molecule has 15 heavy (non-hydrogen) atoms. The van der Waals surface area contributed by atoms with E-state index >= 15 is 0 Å². The van der Waals surface area contributed by atoms with E-state index in [-0.39, 0.29) is 5.71 Å². The third-order valence-corrected chi connectivity index (χ3v) is 1.99. The van der Waals surface area contributed by atoms with Crippen molar-refractivity contribution >= 4 is 17.9 Å². The monoisotopic (exact) mass is 200 g/mol. The smallest absolute Gasteiger partial charge is 0.355 e. The molecule has 1 aliphatic heterocycles. The third kappa shape index (κ3) is 1.83. The molecule has 1 heterocycles. The van der Waals surface area contributed by atoms with E-state index in [0.29, 0.717) is 5.56 Å². The van der Waals surface area contributed by atoms with Crippen molar-refractivity contribution < 1.29 is 9.90 Å². The topological polar surface area (TPSA) is 62.0 Å². The van der Waals surface area contributed by atoms with Crippen LogP contribution in [0.15, 0.2) is 46.7 Å². The van der Waals surface area contributed by atoms with Gasteiger partial charge >= 0.3 is 5.97 Å². The number of fused-ring (bicyclic) bond motifs is 1. The summed E-state index contributed by atoms with van der Waals surface area (Å²) in [6.45, 7) is 0. The number of aliphatic imine (C=N–C) groups is 2. The normalized spacial score (nSPS) is 15.9. The molecule has 1 aromatic rings. The van der Waals surface area contributed by atoms with Gasteiger partial charge in [-0.2, -0.15) is 0 Å². The zero-order valence-corrected chi connectivity index (χ0v) is 7.79. The SMILES string of the molecule is O=C(O)C1=N/C=C\N=Cc2ccccc21. The van der Waals surface area contributed by atoms with Crippen molar-refractivity contribution in [1.29, 1.82) is 0 Å². The van der Waals surface area contributed by atoms with Crippen LogP contribution in [0.4, 0.5) is 0 Å². The summed E-state index contributed by atoms with van der Waals surface area (Å²) in [5.41, 5.74) is 1.37. The van der Waals surface area contributed by atoms with E-state index in [1.54, 1.807) is 24.4 Å². The van der Waals surface area contributed by atoms with Crippen LogP contribution in [0.1, 0.15) is 11.1 Å². The lowest BCUT2D eigenvalue weighted by atomic mass is 10.0. The molecule has 0 saturated heterocycles. The maximum absolute atomic E-state index is 11.0. The van der Waals surface area contributed by atoms with Crippen LogP contribution in [0.25, 0.3) is 0 Å². The first-order chi connectivity index (χ1) is 7.29. The predicted molar refractivity (Wildman–Crippen MR) is 57.3 cm³/mol. The molecule has 0 amide bonds. The molecule has 1 N–H and O–H groups in total. The van der Waals surface area contributed by atoms with Gasteiger partial charge in [-0.25, -0.2) is 9.79 Å². The number of hydrogen-bond acceptors (Lipinski definition) is 3. The molecule has 0 unspecified atom stereocenters. The highest BCUT2D eigenvalue weighted by molar-refractivity contribution is 6.43. The second kappa shape index (κ2) is 3.88. The lowest BCUT2D eigenvalue weighted by molar-refractivity contribution is -0.129. The Morgan fingerprint density at radius 2 is 2.00 bits per heavy atom. The Balaban J connectivity index is 2.63. The second-order valence-corrected chi connectivity index (χ2v) is 2.95. The predicted octanol–water partition coefficient (Wildman–Crippen LogP) is 1.46. The maximum Gasteiger partial charge on any atom is 0.355 e. The van der Waals surface area contributed by atoms with Crippen LogP contribution in [0, 0.1) is 0 Å². The van der Waals surface area contributed by atoms with Crippen LogP contribution in [-0.4, -0.2) is 23.0 Å². The van der Waals surface area contributed by atoms with E-state index in [2.05, 4.69) is 9.98 Å². The first-order valence-electron chi connectivity index (χ1n) is 4.38. The molecule has 0 saturated carbocycles. The molecular weight excluding hydrogens is 192 g/mol. The van der Waals surface area contributed by atoms with Crippen molar-refractivity contribution in [3.63, 3.8) is 0 Å². The molecule has 2 rings (SSSR count). The maximum atomic E-state index is 11.0. The van der Waals surface area contributed by atoms with E-state index in [4.69, 9.17) is 5.11 Å². The van der Waals surface area contributed by atoms with Gasteiger partial charge < -0.3 is 5.11 Å². The zero-order valence-electron chi connectivity index (χ0n) is 7.79. The second-order valence-electron chi connectivity index (χ2n) is 2.95. The molecular formula is C11H8N2O2. The van der Waals surface area contributed by atoms with Crippen LogP contribution in [0.5, 0.6) is 0 Å². The standard InChI is InChI=1S/C11H8N2O2/c14-11(15)10-9-4-2-1-3-8(9)7-12-5-6-13-10/h1-7H,(H,14,15)/b6-5-,8-7?,10-9?,12-5?,12-7?,13-6?,13-10?. The van der Waals surface area contributed by atoms with E-state index in [9.17, 15) is 4.79 Å². The van der Waals surface area contributed by atoms with Gasteiger partial charge in [0.2, 0.25) is 0 Å². The van der Waals surface area contributed by atoms with Crippen molar-refractivity contribution in [1.82, 2.24) is 0 Å². The molecule has 1 aliphatic rings. The highest BCUT2D eigenvalue weighted by atomic mass is 16.4. The average Bonchev–Trinajstić information content (AvgIpc) is 2.18. The van der Waals surface area contributed by atoms with Gasteiger partial charge in [-0.15, -0.1) is 0 Å². The van der Waals surface area contributed by atoms with Crippen LogP contribution in [0.3, 0.4) is 0 Å². The van der Waals surface area contributed by atoms with Gasteiger partial charge in [0.25, 0.3) is 0 Å². The molecule has 0 aromatic heterocycles. The van der Waals surface area contributed by atoms with Crippen molar-refractivity contribution in [2.75, 3.05) is 0 Å². The fraction of sp³-hybridized carbons (Fsp3) is 0. The fourth-order valence-corrected chi connectivity index (χ4v) is 1.33. The summed E-state index contributed by atoms with van der Waals surface area (Å²) in [6, 6.07) is 7.12. The van der Waals surface area contributed by atoms with Crippen molar-refractivity contribution in [3.05, 3.63) is 47.8 Å². The Kier molecular flexibility index (Phi) is 2.41. The number of aliphatic carboxylic acids is 1. The lowest BCUT2D eigenvalue weighted by Gasteiger charge is -2.05. The molecule has 0 aliphatic carbocycles. The van der Waals surface area contributed by atoms with Crippen molar-refractivity contribution in [2.45, 2.75) is 0 Å². The Labute approximate surface area is 86.3 Å². The Bertz CT molecular complexity index is 487. The number of nitrogens with zero attached hydrogens (tertiary/aromatic N) is 2. The third-order valence-electron chi connectivity index (χ3n) is 1.99. The molecule has 0 bridgehead atoms. The highest BCUT2D eigenvalue weighted by Crippen LogP contribution is 2.10. The van der Waals surface area contributed by atoms with Crippen molar-refractivity contribution in [3.8, 4) is 0 Å². The quantitative estimate of drug-likeness (QED) is 0.746. The van der Waals surface area contributed by atoms with Gasteiger partial charge in [0, 0.05) is 29.7 Å². The van der Waals surface area contributed by atoms with Gasteiger partial charge in [-0.05, 0) is 0 Å². The Hall–Kier alpha value is -2.23. The lowest BCUT2D eigenvalue weighted by Crippen LogP contribution is -2.16. The summed E-state index contributed by atoms with van der Waals surface area (Å²) < 4.78 is 0. The minimum absolute atomic E-state index is 0.0352. The van der Waals surface area contributed by atoms with Crippen LogP contribution >= 0.6 is 0 Å². The molecule has 4 nitrogen and oxygen atoms in total. The largest absolute Gasteiger partial charge is 0.476 e. The van der Waals surface area contributed by atoms with Crippen molar-refractivity contribution in [2.24, 2.45) is 9.98 Å². The summed E-state index contributed by atoms with van der Waals surface area (Å²) in [6.07, 6.45) is 4.44. The van der Waals surface area contributed by atoms with E-state index in [0.717, 1.165) is 5.56 Å². The minimum atomic E-state index is -1.04. The van der Waals surface area contributed by atoms with E-state index < -0.39 is 5.97 Å². The minimum Gasteiger partial charge on any atom is -0.476 e. The van der Waals surface area contributed by atoms with Gasteiger partial charge in [0.1, 0.15) is 0 Å². The van der Waals surface area contributed by atoms with E-state index in [1.807, 2.05) is 6.07 Å². The van der Waals surface area contributed by atoms with Crippen LogP contribution in [-0.2, 0) is 4.79 Å². The molecule has 0 fully saturated rings. The number of carboxylic acids is 1. The van der Waals surface area contributed by atoms with Gasteiger partial charge in [0.15, 0.2) is 5.71 Å². The number of carboxylic acid groups (broad SMARTS) is 1. The number of carbonyl (C=O) groups is 1.